The van der Waals surface area contributed by atoms with Gasteiger partial charge in [0.2, 0.25) is 5.91 Å². The number of rotatable bonds is 6. The van der Waals surface area contributed by atoms with Gasteiger partial charge in [-0.05, 0) is 39.7 Å². The molecule has 1 fully saturated rings. The van der Waals surface area contributed by atoms with E-state index in [0.717, 1.165) is 24.4 Å². The molecule has 1 amide bonds. The van der Waals surface area contributed by atoms with Crippen LogP contribution in [0.4, 0.5) is 0 Å². The fourth-order valence-corrected chi connectivity index (χ4v) is 2.12. The average Bonchev–Trinajstić information content (AvgIpc) is 3.02. The smallest absolute Gasteiger partial charge is 0.221 e. The van der Waals surface area contributed by atoms with Crippen LogP contribution in [0.15, 0.2) is 10.5 Å². The van der Waals surface area contributed by atoms with Crippen LogP contribution in [0.2, 0.25) is 0 Å². The van der Waals surface area contributed by atoms with E-state index < -0.39 is 0 Å². The van der Waals surface area contributed by atoms with Crippen molar-refractivity contribution >= 4 is 5.91 Å². The summed E-state index contributed by atoms with van der Waals surface area (Å²) in [6.45, 7) is 6.71. The largest absolute Gasteiger partial charge is 0.466 e. The topological polar surface area (TPSA) is 54.3 Å². The van der Waals surface area contributed by atoms with Gasteiger partial charge >= 0.3 is 0 Å². The molecule has 0 bridgehead atoms. The van der Waals surface area contributed by atoms with Gasteiger partial charge in [0.05, 0.1) is 0 Å². The van der Waals surface area contributed by atoms with Crippen LogP contribution in [0.25, 0.3) is 0 Å². The highest BCUT2D eigenvalue weighted by atomic mass is 16.3. The van der Waals surface area contributed by atoms with E-state index in [9.17, 15) is 4.79 Å². The molecule has 2 N–H and O–H groups in total. The third kappa shape index (κ3) is 3.60. The number of nitrogens with one attached hydrogen (secondary N) is 2. The second kappa shape index (κ2) is 5.57. The van der Waals surface area contributed by atoms with Gasteiger partial charge in [-0.1, -0.05) is 0 Å². The lowest BCUT2D eigenvalue weighted by molar-refractivity contribution is -0.121. The zero-order chi connectivity index (χ0) is 13.1. The predicted octanol–water partition coefficient (Wildman–Crippen LogP) is 2.22. The summed E-state index contributed by atoms with van der Waals surface area (Å²) in [5.41, 5.74) is 1.18. The Kier molecular flexibility index (Phi) is 4.07. The number of hydrogen-bond donors (Lipinski definition) is 2. The SMILES string of the molecule is Cc1cc(C(C)NCCC(=O)NC2CC2)c(C)o1. The summed E-state index contributed by atoms with van der Waals surface area (Å²) < 4.78 is 5.50. The first kappa shape index (κ1) is 13.1. The molecule has 0 aromatic carbocycles. The molecule has 1 aromatic rings. The number of carbonyl (C=O) groups is 1. The van der Waals surface area contributed by atoms with Crippen LogP contribution in [0.1, 0.15) is 49.3 Å². The van der Waals surface area contributed by atoms with E-state index in [1.165, 1.54) is 5.56 Å². The molecule has 2 rings (SSSR count). The maximum absolute atomic E-state index is 11.5. The highest BCUT2D eigenvalue weighted by Crippen LogP contribution is 2.21. The first-order chi connectivity index (χ1) is 8.56. The maximum atomic E-state index is 11.5. The first-order valence-corrected chi connectivity index (χ1v) is 6.66. The maximum Gasteiger partial charge on any atom is 0.221 e. The van der Waals surface area contributed by atoms with Gasteiger partial charge in [0.25, 0.3) is 0 Å². The monoisotopic (exact) mass is 250 g/mol. The Labute approximate surface area is 108 Å². The predicted molar refractivity (Wildman–Crippen MR) is 70.4 cm³/mol. The average molecular weight is 250 g/mol. The fraction of sp³-hybridized carbons (Fsp3) is 0.643. The number of hydrogen-bond acceptors (Lipinski definition) is 3. The summed E-state index contributed by atoms with van der Waals surface area (Å²) in [5.74, 6) is 2.04. The summed E-state index contributed by atoms with van der Waals surface area (Å²) in [6, 6.07) is 2.72. The minimum Gasteiger partial charge on any atom is -0.466 e. The Bertz CT molecular complexity index is 421. The molecule has 0 saturated heterocycles. The molecule has 4 nitrogen and oxygen atoms in total. The lowest BCUT2D eigenvalue weighted by Gasteiger charge is -2.12. The Morgan fingerprint density at radius 3 is 2.78 bits per heavy atom. The highest BCUT2D eigenvalue weighted by Gasteiger charge is 2.22. The standard InChI is InChI=1S/C14H22N2O2/c1-9-8-13(11(3)18-9)10(2)15-7-6-14(17)16-12-4-5-12/h8,10,12,15H,4-7H2,1-3H3,(H,16,17). The highest BCUT2D eigenvalue weighted by molar-refractivity contribution is 5.76. The van der Waals surface area contributed by atoms with Crippen molar-refractivity contribution in [1.82, 2.24) is 10.6 Å². The van der Waals surface area contributed by atoms with Crippen molar-refractivity contribution < 1.29 is 9.21 Å². The Morgan fingerprint density at radius 1 is 1.50 bits per heavy atom. The van der Waals surface area contributed by atoms with Crippen molar-refractivity contribution in [1.29, 1.82) is 0 Å². The molecular weight excluding hydrogens is 228 g/mol. The summed E-state index contributed by atoms with van der Waals surface area (Å²) in [5, 5.41) is 6.34. The molecule has 18 heavy (non-hydrogen) atoms. The minimum atomic E-state index is 0.150. The second-order valence-electron chi connectivity index (χ2n) is 5.14. The van der Waals surface area contributed by atoms with Gasteiger partial charge in [-0.2, -0.15) is 0 Å². The quantitative estimate of drug-likeness (QED) is 0.814. The third-order valence-corrected chi connectivity index (χ3v) is 3.29. The van der Waals surface area contributed by atoms with Gasteiger partial charge in [0, 0.05) is 30.6 Å². The number of amides is 1. The molecule has 0 spiro atoms. The van der Waals surface area contributed by atoms with Crippen LogP contribution in [-0.4, -0.2) is 18.5 Å². The minimum absolute atomic E-state index is 0.150. The fourth-order valence-electron chi connectivity index (χ4n) is 2.12. The first-order valence-electron chi connectivity index (χ1n) is 6.66. The van der Waals surface area contributed by atoms with Crippen LogP contribution >= 0.6 is 0 Å². The van der Waals surface area contributed by atoms with Crippen molar-refractivity contribution in [3.63, 3.8) is 0 Å². The number of furan rings is 1. The van der Waals surface area contributed by atoms with Crippen molar-refractivity contribution in [3.05, 3.63) is 23.2 Å². The zero-order valence-electron chi connectivity index (χ0n) is 11.4. The number of aryl methyl sites for hydroxylation is 2. The van der Waals surface area contributed by atoms with Crippen LogP contribution in [0.5, 0.6) is 0 Å². The van der Waals surface area contributed by atoms with E-state index in [2.05, 4.69) is 23.6 Å². The van der Waals surface area contributed by atoms with Crippen LogP contribution in [0, 0.1) is 13.8 Å². The molecule has 1 saturated carbocycles. The summed E-state index contributed by atoms with van der Waals surface area (Å²) >= 11 is 0. The van der Waals surface area contributed by atoms with E-state index in [-0.39, 0.29) is 11.9 Å². The van der Waals surface area contributed by atoms with Crippen LogP contribution in [-0.2, 0) is 4.79 Å². The molecule has 1 aromatic heterocycles. The molecule has 1 aliphatic carbocycles. The van der Waals surface area contributed by atoms with Crippen LogP contribution in [0.3, 0.4) is 0 Å². The lowest BCUT2D eigenvalue weighted by atomic mass is 10.1. The van der Waals surface area contributed by atoms with Crippen molar-refractivity contribution in [3.8, 4) is 0 Å². The second-order valence-corrected chi connectivity index (χ2v) is 5.14. The molecule has 1 unspecified atom stereocenters. The Balaban J connectivity index is 1.72. The molecule has 4 heteroatoms. The van der Waals surface area contributed by atoms with Crippen molar-refractivity contribution in [2.75, 3.05) is 6.54 Å². The summed E-state index contributed by atoms with van der Waals surface area (Å²) in [4.78, 5) is 11.5. The van der Waals surface area contributed by atoms with Gasteiger partial charge in [0.1, 0.15) is 11.5 Å². The van der Waals surface area contributed by atoms with E-state index in [1.54, 1.807) is 0 Å². The Morgan fingerprint density at radius 2 is 2.22 bits per heavy atom. The molecule has 1 heterocycles. The van der Waals surface area contributed by atoms with E-state index in [1.807, 2.05) is 13.8 Å². The molecule has 100 valence electrons. The zero-order valence-corrected chi connectivity index (χ0v) is 11.4. The lowest BCUT2D eigenvalue weighted by Crippen LogP contribution is -2.30. The summed E-state index contributed by atoms with van der Waals surface area (Å²) in [6.07, 6.45) is 2.82. The molecular formula is C14H22N2O2. The van der Waals surface area contributed by atoms with Gasteiger partial charge < -0.3 is 15.1 Å². The normalized spacial score (nSPS) is 16.6. The van der Waals surface area contributed by atoms with Gasteiger partial charge in [-0.15, -0.1) is 0 Å². The van der Waals surface area contributed by atoms with Gasteiger partial charge in [-0.3, -0.25) is 4.79 Å². The molecule has 1 atom stereocenters. The third-order valence-electron chi connectivity index (χ3n) is 3.29. The van der Waals surface area contributed by atoms with Crippen molar-refractivity contribution in [2.45, 2.75) is 52.1 Å². The molecule has 1 aliphatic rings. The molecule has 0 aliphatic heterocycles. The van der Waals surface area contributed by atoms with Crippen LogP contribution < -0.4 is 10.6 Å². The van der Waals surface area contributed by atoms with E-state index in [0.29, 0.717) is 19.0 Å². The number of carbonyl (C=O) groups excluding carboxylic acids is 1. The van der Waals surface area contributed by atoms with Crippen molar-refractivity contribution in [2.24, 2.45) is 0 Å². The van der Waals surface area contributed by atoms with E-state index >= 15 is 0 Å². The van der Waals surface area contributed by atoms with Gasteiger partial charge in [-0.25, -0.2) is 0 Å². The van der Waals surface area contributed by atoms with E-state index in [4.69, 9.17) is 4.42 Å². The summed E-state index contributed by atoms with van der Waals surface area (Å²) in [7, 11) is 0. The Hall–Kier alpha value is -1.29. The molecule has 0 radical (unpaired) electrons. The van der Waals surface area contributed by atoms with Gasteiger partial charge in [0.15, 0.2) is 0 Å².